The smallest absolute Gasteiger partial charge is 0.196 e. The molecule has 60 heavy (non-hydrogen) atoms. The van der Waals surface area contributed by atoms with E-state index in [4.69, 9.17) is 0 Å². The Balaban J connectivity index is 0.000000152. The number of hydrogen-bond acceptors (Lipinski definition) is 4. The molecule has 4 heterocycles. The maximum Gasteiger partial charge on any atom is 0.196 e. The van der Waals surface area contributed by atoms with Crippen molar-refractivity contribution in [2.24, 2.45) is 0 Å². The Labute approximate surface area is 348 Å². The van der Waals surface area contributed by atoms with Gasteiger partial charge in [0.25, 0.3) is 0 Å². The maximum absolute atomic E-state index is 13.4. The molecule has 320 valence electrons. The summed E-state index contributed by atoms with van der Waals surface area (Å²) in [5.74, 6) is -1.91. The predicted octanol–water partition coefficient (Wildman–Crippen LogP) is 13.1. The first-order valence-corrected chi connectivity index (χ1v) is 19.9. The van der Waals surface area contributed by atoms with Gasteiger partial charge < -0.3 is 19.9 Å². The summed E-state index contributed by atoms with van der Waals surface area (Å²) in [5, 5.41) is 0. The van der Waals surface area contributed by atoms with Crippen molar-refractivity contribution in [3.05, 3.63) is 118 Å². The zero-order chi connectivity index (χ0) is 44.9. The van der Waals surface area contributed by atoms with Crippen molar-refractivity contribution in [2.45, 2.75) is 126 Å². The van der Waals surface area contributed by atoms with Crippen molar-refractivity contribution in [3.63, 3.8) is 0 Å². The predicted molar refractivity (Wildman–Crippen MR) is 233 cm³/mol. The Morgan fingerprint density at radius 3 is 1.37 bits per heavy atom. The zero-order valence-electron chi connectivity index (χ0n) is 37.3. The van der Waals surface area contributed by atoms with E-state index in [0.29, 0.717) is 17.2 Å². The van der Waals surface area contributed by atoms with E-state index in [0.717, 1.165) is 45.8 Å². The Morgan fingerprint density at radius 2 is 0.833 bits per heavy atom. The highest BCUT2D eigenvalue weighted by Crippen LogP contribution is 2.28. The Kier molecular flexibility index (Phi) is 12.5. The van der Waals surface area contributed by atoms with Crippen molar-refractivity contribution in [3.8, 4) is 0 Å². The molecule has 0 fully saturated rings. The van der Waals surface area contributed by atoms with Crippen molar-refractivity contribution < 1.29 is 22.0 Å². The maximum atomic E-state index is 13.4. The molecule has 4 aromatic carbocycles. The van der Waals surface area contributed by atoms with Gasteiger partial charge in [0.2, 0.25) is 0 Å². The average Bonchev–Trinajstić information content (AvgIpc) is 3.91. The summed E-state index contributed by atoms with van der Waals surface area (Å²) in [5.41, 5.74) is 8.47. The first kappa shape index (κ1) is 45.5. The van der Waals surface area contributed by atoms with Crippen LogP contribution >= 0.6 is 0 Å². The molecule has 0 bridgehead atoms. The second kappa shape index (κ2) is 16.5. The number of benzene rings is 4. The van der Waals surface area contributed by atoms with E-state index >= 15 is 0 Å². The summed E-state index contributed by atoms with van der Waals surface area (Å²) in [6, 6.07) is 13.6. The highest BCUT2D eigenvalue weighted by atomic mass is 19.2. The van der Waals surface area contributed by atoms with E-state index in [1.165, 1.54) is 22.8 Å². The molecule has 0 saturated heterocycles. The van der Waals surface area contributed by atoms with Crippen LogP contribution in [0.4, 0.5) is 22.0 Å². The van der Waals surface area contributed by atoms with Crippen LogP contribution in [0.5, 0.6) is 0 Å². The molecule has 4 aromatic heterocycles. The number of rotatable bonds is 0. The van der Waals surface area contributed by atoms with Crippen LogP contribution in [0.25, 0.3) is 44.1 Å². The number of hydrogen-bond donors (Lipinski definition) is 4. The Hall–Kier alpha value is -5.59. The summed E-state index contributed by atoms with van der Waals surface area (Å²) in [7, 11) is 0. The number of fused-ring (bicyclic) bond motifs is 4. The fourth-order valence-electron chi connectivity index (χ4n) is 6.11. The third-order valence-corrected chi connectivity index (χ3v) is 9.52. The van der Waals surface area contributed by atoms with Crippen LogP contribution in [0.2, 0.25) is 0 Å². The molecule has 0 aliphatic heterocycles. The van der Waals surface area contributed by atoms with Crippen LogP contribution in [0.1, 0.15) is 123 Å². The largest absolute Gasteiger partial charge is 0.342 e. The van der Waals surface area contributed by atoms with Gasteiger partial charge in [-0.2, -0.15) is 0 Å². The van der Waals surface area contributed by atoms with Gasteiger partial charge in [0.15, 0.2) is 23.3 Å². The van der Waals surface area contributed by atoms with Crippen molar-refractivity contribution in [1.29, 1.82) is 0 Å². The van der Waals surface area contributed by atoms with Gasteiger partial charge in [-0.1, -0.05) is 95.2 Å². The fourth-order valence-corrected chi connectivity index (χ4v) is 6.11. The SMILES string of the molecule is CC(C)(C)c1nc2c(F)c(F)c(F)cc2[nH]1.CC(C)(C)c1nc2c(F)cc(F)cc2[nH]1.Cc1cc(C)c2nc(C(C)(C)C)[nH]c2c1.Cc1ccc2nc(C(C)(C)C)[nH]c2c1. The number of H-pyrrole nitrogens is 4. The van der Waals surface area contributed by atoms with Gasteiger partial charge in [0.05, 0.1) is 33.1 Å². The molecular weight excluding hydrogens is 772 g/mol. The third kappa shape index (κ3) is 10.4. The highest BCUT2D eigenvalue weighted by Gasteiger charge is 2.24. The quantitative estimate of drug-likeness (QED) is 0.0900. The molecule has 0 aliphatic rings. The van der Waals surface area contributed by atoms with Crippen LogP contribution in [-0.4, -0.2) is 39.9 Å². The number of nitrogens with zero attached hydrogens (tertiary/aromatic N) is 4. The molecular formula is C47H57F5N8. The fraction of sp³-hybridized carbons (Fsp3) is 0.404. The van der Waals surface area contributed by atoms with E-state index in [9.17, 15) is 22.0 Å². The lowest BCUT2D eigenvalue weighted by Crippen LogP contribution is -2.13. The molecule has 8 nitrogen and oxygen atoms in total. The minimum absolute atomic E-state index is 0.0827. The molecule has 0 radical (unpaired) electrons. The van der Waals surface area contributed by atoms with Crippen LogP contribution in [0.15, 0.2) is 48.5 Å². The van der Waals surface area contributed by atoms with E-state index < -0.39 is 29.1 Å². The van der Waals surface area contributed by atoms with Crippen LogP contribution in [-0.2, 0) is 21.7 Å². The normalized spacial score (nSPS) is 12.3. The van der Waals surface area contributed by atoms with Gasteiger partial charge in [0.1, 0.15) is 40.1 Å². The second-order valence-corrected chi connectivity index (χ2v) is 19.5. The van der Waals surface area contributed by atoms with Gasteiger partial charge in [-0.15, -0.1) is 0 Å². The topological polar surface area (TPSA) is 115 Å². The molecule has 4 N–H and O–H groups in total. The lowest BCUT2D eigenvalue weighted by Gasteiger charge is -2.13. The summed E-state index contributed by atoms with van der Waals surface area (Å²) < 4.78 is 65.5. The minimum atomic E-state index is -1.49. The summed E-state index contributed by atoms with van der Waals surface area (Å²) in [6.07, 6.45) is 0. The van der Waals surface area contributed by atoms with Gasteiger partial charge >= 0.3 is 0 Å². The lowest BCUT2D eigenvalue weighted by molar-refractivity contribution is 0.452. The van der Waals surface area contributed by atoms with Crippen molar-refractivity contribution >= 4 is 44.1 Å². The van der Waals surface area contributed by atoms with Crippen LogP contribution < -0.4 is 0 Å². The molecule has 8 aromatic rings. The number of nitrogens with one attached hydrogen (secondary N) is 4. The number of imidazole rings is 4. The molecule has 0 atom stereocenters. The van der Waals surface area contributed by atoms with Crippen molar-refractivity contribution in [1.82, 2.24) is 39.9 Å². The summed E-state index contributed by atoms with van der Waals surface area (Å²) in [4.78, 5) is 29.8. The molecule has 0 aliphatic carbocycles. The first-order valence-electron chi connectivity index (χ1n) is 19.9. The molecule has 0 spiro atoms. The summed E-state index contributed by atoms with van der Waals surface area (Å²) in [6.45, 7) is 30.8. The first-order chi connectivity index (χ1) is 27.5. The second-order valence-electron chi connectivity index (χ2n) is 19.5. The molecule has 0 amide bonds. The van der Waals surface area contributed by atoms with Crippen LogP contribution in [0, 0.1) is 49.9 Å². The van der Waals surface area contributed by atoms with Gasteiger partial charge in [-0.05, 0) is 61.7 Å². The minimum Gasteiger partial charge on any atom is -0.342 e. The van der Waals surface area contributed by atoms with E-state index in [1.54, 1.807) is 0 Å². The standard InChI is InChI=1S/C13H18N2.C12H16N2.C11H11F3N2.C11H12F2N2/c1-8-6-9(2)11-10(7-8)14-12(15-11)13(3,4)5;1-8-5-6-9-10(7-8)14-11(13-9)12(2,3)4;1-11(2,3)10-15-6-4-5(12)7(13)8(14)9(6)16-10;1-11(2,3)10-14-8-5-6(12)4-7(13)9(8)15-10/h6-7H,1-5H3,(H,14,15);5-7H,1-4H3,(H,13,14);4H,1-3H3,(H,15,16);4-5H,1-3H3,(H,14,15). The number of halogens is 5. The zero-order valence-corrected chi connectivity index (χ0v) is 37.3. The van der Waals surface area contributed by atoms with E-state index in [-0.39, 0.29) is 38.2 Å². The van der Waals surface area contributed by atoms with Crippen molar-refractivity contribution in [2.75, 3.05) is 0 Å². The Morgan fingerprint density at radius 1 is 0.400 bits per heavy atom. The van der Waals surface area contributed by atoms with E-state index in [1.807, 2.05) is 41.5 Å². The van der Waals surface area contributed by atoms with E-state index in [2.05, 4.69) is 133 Å². The molecule has 0 saturated carbocycles. The summed E-state index contributed by atoms with van der Waals surface area (Å²) >= 11 is 0. The third-order valence-electron chi connectivity index (χ3n) is 9.52. The lowest BCUT2D eigenvalue weighted by atomic mass is 9.96. The monoisotopic (exact) mass is 828 g/mol. The van der Waals surface area contributed by atoms with Gasteiger partial charge in [-0.25, -0.2) is 41.9 Å². The number of aryl methyl sites for hydroxylation is 3. The molecule has 8 rings (SSSR count). The van der Waals surface area contributed by atoms with Gasteiger partial charge in [0, 0.05) is 33.8 Å². The Bertz CT molecular complexity index is 2700. The number of aromatic nitrogens is 8. The van der Waals surface area contributed by atoms with Gasteiger partial charge in [-0.3, -0.25) is 0 Å². The average molecular weight is 829 g/mol. The molecule has 0 unspecified atom stereocenters. The number of aromatic amines is 4. The molecule has 13 heteroatoms. The highest BCUT2D eigenvalue weighted by molar-refractivity contribution is 5.80. The van der Waals surface area contributed by atoms with Crippen LogP contribution in [0.3, 0.4) is 0 Å².